The summed E-state index contributed by atoms with van der Waals surface area (Å²) in [5.41, 5.74) is 6.46. The lowest BCUT2D eigenvalue weighted by atomic mass is 9.97. The Labute approximate surface area is 90.2 Å². The van der Waals surface area contributed by atoms with Gasteiger partial charge in [-0.1, -0.05) is 13.8 Å². The first kappa shape index (κ1) is 12.0. The Morgan fingerprint density at radius 2 is 2.07 bits per heavy atom. The summed E-state index contributed by atoms with van der Waals surface area (Å²) in [5, 5.41) is 0. The lowest BCUT2D eigenvalue weighted by Crippen LogP contribution is -2.14. The number of hydrogen-bond acceptors (Lipinski definition) is 2. The van der Waals surface area contributed by atoms with Crippen LogP contribution >= 0.6 is 0 Å². The van der Waals surface area contributed by atoms with Crippen LogP contribution in [-0.4, -0.2) is 7.11 Å². The molecule has 0 bridgehead atoms. The monoisotopic (exact) mass is 211 g/mol. The fraction of sp³-hybridized carbons (Fsp3) is 0.500. The Hall–Kier alpha value is -1.09. The van der Waals surface area contributed by atoms with Gasteiger partial charge in [-0.2, -0.15) is 0 Å². The van der Waals surface area contributed by atoms with E-state index < -0.39 is 0 Å². The fourth-order valence-electron chi connectivity index (χ4n) is 1.57. The van der Waals surface area contributed by atoms with Crippen molar-refractivity contribution in [3.05, 3.63) is 29.6 Å². The summed E-state index contributed by atoms with van der Waals surface area (Å²) in [4.78, 5) is 0. The van der Waals surface area contributed by atoms with Gasteiger partial charge in [-0.3, -0.25) is 0 Å². The van der Waals surface area contributed by atoms with Gasteiger partial charge in [0.25, 0.3) is 0 Å². The van der Waals surface area contributed by atoms with Crippen LogP contribution in [0.5, 0.6) is 5.75 Å². The van der Waals surface area contributed by atoms with E-state index >= 15 is 0 Å². The standard InChI is InChI=1S/C12H18FNO/c1-8(2)6-12(14)10-7-9(15-3)4-5-11(10)13/h4-5,7-8,12H,6,14H2,1-3H3/t12-/m0/s1. The van der Waals surface area contributed by atoms with Crippen molar-refractivity contribution in [3.63, 3.8) is 0 Å². The molecule has 3 heteroatoms. The molecule has 1 aromatic rings. The smallest absolute Gasteiger partial charge is 0.128 e. The van der Waals surface area contributed by atoms with Crippen molar-refractivity contribution < 1.29 is 9.13 Å². The predicted octanol–water partition coefficient (Wildman–Crippen LogP) is 2.88. The summed E-state index contributed by atoms with van der Waals surface area (Å²) >= 11 is 0. The van der Waals surface area contributed by atoms with Gasteiger partial charge < -0.3 is 10.5 Å². The number of rotatable bonds is 4. The average Bonchev–Trinajstić information content (AvgIpc) is 2.17. The third-order valence-corrected chi connectivity index (χ3v) is 2.33. The second-order valence-corrected chi connectivity index (χ2v) is 4.12. The Morgan fingerprint density at radius 1 is 1.40 bits per heavy atom. The van der Waals surface area contributed by atoms with Crippen molar-refractivity contribution in [2.75, 3.05) is 7.11 Å². The molecule has 0 saturated heterocycles. The van der Waals surface area contributed by atoms with Crippen LogP contribution in [0.3, 0.4) is 0 Å². The second kappa shape index (κ2) is 5.12. The molecule has 0 unspecified atom stereocenters. The summed E-state index contributed by atoms with van der Waals surface area (Å²) in [6.45, 7) is 4.13. The highest BCUT2D eigenvalue weighted by Gasteiger charge is 2.13. The maximum atomic E-state index is 13.5. The van der Waals surface area contributed by atoms with E-state index in [2.05, 4.69) is 13.8 Å². The van der Waals surface area contributed by atoms with E-state index in [-0.39, 0.29) is 11.9 Å². The second-order valence-electron chi connectivity index (χ2n) is 4.12. The Balaban J connectivity index is 2.91. The van der Waals surface area contributed by atoms with Crippen LogP contribution in [-0.2, 0) is 0 Å². The molecule has 0 heterocycles. The lowest BCUT2D eigenvalue weighted by molar-refractivity contribution is 0.410. The quantitative estimate of drug-likeness (QED) is 0.831. The zero-order valence-electron chi connectivity index (χ0n) is 9.46. The molecule has 2 nitrogen and oxygen atoms in total. The number of halogens is 1. The van der Waals surface area contributed by atoms with Crippen molar-refractivity contribution in [2.45, 2.75) is 26.3 Å². The van der Waals surface area contributed by atoms with Crippen molar-refractivity contribution in [2.24, 2.45) is 11.7 Å². The van der Waals surface area contributed by atoms with Crippen molar-refractivity contribution >= 4 is 0 Å². The average molecular weight is 211 g/mol. The zero-order valence-corrected chi connectivity index (χ0v) is 9.46. The molecule has 0 aliphatic carbocycles. The third-order valence-electron chi connectivity index (χ3n) is 2.33. The molecule has 0 radical (unpaired) electrons. The fourth-order valence-corrected chi connectivity index (χ4v) is 1.57. The summed E-state index contributed by atoms with van der Waals surface area (Å²) in [5.74, 6) is 0.833. The first-order valence-corrected chi connectivity index (χ1v) is 5.13. The van der Waals surface area contributed by atoms with Crippen LogP contribution in [0, 0.1) is 11.7 Å². The number of nitrogens with two attached hydrogens (primary N) is 1. The molecule has 0 saturated carbocycles. The number of ether oxygens (including phenoxy) is 1. The number of methoxy groups -OCH3 is 1. The largest absolute Gasteiger partial charge is 0.497 e. The number of hydrogen-bond donors (Lipinski definition) is 1. The van der Waals surface area contributed by atoms with E-state index in [1.54, 1.807) is 19.2 Å². The number of benzene rings is 1. The highest BCUT2D eigenvalue weighted by Crippen LogP contribution is 2.25. The molecule has 0 spiro atoms. The molecule has 84 valence electrons. The molecule has 0 aromatic heterocycles. The molecule has 1 atom stereocenters. The Morgan fingerprint density at radius 3 is 2.60 bits per heavy atom. The van der Waals surface area contributed by atoms with Gasteiger partial charge in [0.2, 0.25) is 0 Å². The van der Waals surface area contributed by atoms with Crippen LogP contribution in [0.25, 0.3) is 0 Å². The van der Waals surface area contributed by atoms with E-state index in [1.165, 1.54) is 6.07 Å². The van der Waals surface area contributed by atoms with Crippen molar-refractivity contribution in [1.82, 2.24) is 0 Å². The van der Waals surface area contributed by atoms with Crippen LogP contribution < -0.4 is 10.5 Å². The van der Waals surface area contributed by atoms with E-state index in [4.69, 9.17) is 10.5 Å². The van der Waals surface area contributed by atoms with Crippen molar-refractivity contribution in [1.29, 1.82) is 0 Å². The highest BCUT2D eigenvalue weighted by molar-refractivity contribution is 5.31. The Kier molecular flexibility index (Phi) is 4.09. The first-order valence-electron chi connectivity index (χ1n) is 5.13. The molecule has 15 heavy (non-hydrogen) atoms. The minimum absolute atomic E-state index is 0.260. The molecule has 2 N–H and O–H groups in total. The highest BCUT2D eigenvalue weighted by atomic mass is 19.1. The van der Waals surface area contributed by atoms with Gasteiger partial charge in [0.15, 0.2) is 0 Å². The Bertz CT molecular complexity index is 325. The summed E-state index contributed by atoms with van der Waals surface area (Å²) < 4.78 is 18.5. The van der Waals surface area contributed by atoms with E-state index in [1.807, 2.05) is 0 Å². The molecular weight excluding hydrogens is 193 g/mol. The van der Waals surface area contributed by atoms with Gasteiger partial charge >= 0.3 is 0 Å². The molecule has 0 amide bonds. The summed E-state index contributed by atoms with van der Waals surface area (Å²) in [6, 6.07) is 4.40. The molecule has 0 aliphatic heterocycles. The van der Waals surface area contributed by atoms with E-state index in [0.717, 1.165) is 6.42 Å². The summed E-state index contributed by atoms with van der Waals surface area (Å²) in [7, 11) is 1.56. The molecule has 1 rings (SSSR count). The predicted molar refractivity (Wildman–Crippen MR) is 59.3 cm³/mol. The molecule has 0 aliphatic rings. The minimum Gasteiger partial charge on any atom is -0.497 e. The molecular formula is C12H18FNO. The topological polar surface area (TPSA) is 35.2 Å². The van der Waals surface area contributed by atoms with Gasteiger partial charge in [-0.15, -0.1) is 0 Å². The van der Waals surface area contributed by atoms with E-state index in [0.29, 0.717) is 17.2 Å². The maximum Gasteiger partial charge on any atom is 0.128 e. The summed E-state index contributed by atoms with van der Waals surface area (Å²) in [6.07, 6.45) is 0.768. The maximum absolute atomic E-state index is 13.5. The van der Waals surface area contributed by atoms with Crippen molar-refractivity contribution in [3.8, 4) is 5.75 Å². The molecule has 0 fully saturated rings. The van der Waals surface area contributed by atoms with Gasteiger partial charge in [0.1, 0.15) is 11.6 Å². The minimum atomic E-state index is -0.264. The van der Waals surface area contributed by atoms with Crippen LogP contribution in [0.2, 0.25) is 0 Å². The van der Waals surface area contributed by atoms with Gasteiger partial charge in [0.05, 0.1) is 7.11 Å². The van der Waals surface area contributed by atoms with Gasteiger partial charge in [-0.25, -0.2) is 4.39 Å². The van der Waals surface area contributed by atoms with Gasteiger partial charge in [0, 0.05) is 11.6 Å². The van der Waals surface area contributed by atoms with Gasteiger partial charge in [-0.05, 0) is 30.5 Å². The SMILES string of the molecule is COc1ccc(F)c([C@@H](N)CC(C)C)c1. The van der Waals surface area contributed by atoms with Crippen LogP contribution in [0.1, 0.15) is 31.9 Å². The van der Waals surface area contributed by atoms with Crippen LogP contribution in [0.15, 0.2) is 18.2 Å². The molecule has 1 aromatic carbocycles. The van der Waals surface area contributed by atoms with E-state index in [9.17, 15) is 4.39 Å². The third kappa shape index (κ3) is 3.20. The normalized spacial score (nSPS) is 12.9. The lowest BCUT2D eigenvalue weighted by Gasteiger charge is -2.15. The first-order chi connectivity index (χ1) is 7.04. The van der Waals surface area contributed by atoms with Crippen LogP contribution in [0.4, 0.5) is 4.39 Å². The zero-order chi connectivity index (χ0) is 11.4.